The van der Waals surface area contributed by atoms with Crippen molar-refractivity contribution in [3.63, 3.8) is 0 Å². The van der Waals surface area contributed by atoms with Gasteiger partial charge in [0.25, 0.3) is 5.91 Å². The number of anilines is 1. The molecule has 0 unspecified atom stereocenters. The Kier molecular flexibility index (Phi) is 5.77. The van der Waals surface area contributed by atoms with Gasteiger partial charge in [0.05, 0.1) is 5.97 Å². The minimum atomic E-state index is -1.28. The van der Waals surface area contributed by atoms with E-state index in [0.29, 0.717) is 11.3 Å². The van der Waals surface area contributed by atoms with Gasteiger partial charge in [-0.05, 0) is 59.4 Å². The SMILES string of the molecule is Cc1ccc(C(=O)[O-])cc1NC(=S)NC(=O)c1ccc(C(C)(C)C)cc1. The van der Waals surface area contributed by atoms with Gasteiger partial charge in [-0.1, -0.05) is 45.0 Å². The van der Waals surface area contributed by atoms with Crippen molar-refractivity contribution in [3.8, 4) is 0 Å². The van der Waals surface area contributed by atoms with Crippen molar-refractivity contribution >= 4 is 34.9 Å². The van der Waals surface area contributed by atoms with Crippen LogP contribution in [0.4, 0.5) is 5.69 Å². The standard InChI is InChI=1S/C20H22N2O3S/c1-12-5-6-14(18(24)25)11-16(12)21-19(26)22-17(23)13-7-9-15(10-8-13)20(2,3)4/h5-11H,1-4H3,(H,24,25)(H2,21,22,23,26)/p-1. The summed E-state index contributed by atoms with van der Waals surface area (Å²) in [6, 6.07) is 11.8. The Morgan fingerprint density at radius 3 is 2.12 bits per heavy atom. The number of carbonyl (C=O) groups is 2. The quantitative estimate of drug-likeness (QED) is 0.813. The number of carboxylic acids is 1. The van der Waals surface area contributed by atoms with Crippen molar-refractivity contribution < 1.29 is 14.7 Å². The maximum atomic E-state index is 12.3. The highest BCUT2D eigenvalue weighted by Crippen LogP contribution is 2.22. The lowest BCUT2D eigenvalue weighted by molar-refractivity contribution is -0.255. The van der Waals surface area contributed by atoms with E-state index in [4.69, 9.17) is 12.2 Å². The van der Waals surface area contributed by atoms with Crippen molar-refractivity contribution in [2.45, 2.75) is 33.1 Å². The molecule has 0 heterocycles. The molecule has 6 heteroatoms. The lowest BCUT2D eigenvalue weighted by Crippen LogP contribution is -2.34. The number of carbonyl (C=O) groups excluding carboxylic acids is 2. The van der Waals surface area contributed by atoms with Gasteiger partial charge in [0.1, 0.15) is 0 Å². The van der Waals surface area contributed by atoms with Crippen molar-refractivity contribution in [2.24, 2.45) is 0 Å². The van der Waals surface area contributed by atoms with E-state index >= 15 is 0 Å². The lowest BCUT2D eigenvalue weighted by Gasteiger charge is -2.19. The summed E-state index contributed by atoms with van der Waals surface area (Å²) in [4.78, 5) is 23.3. The van der Waals surface area contributed by atoms with E-state index in [-0.39, 0.29) is 22.0 Å². The van der Waals surface area contributed by atoms with Crippen LogP contribution in [-0.2, 0) is 5.41 Å². The molecular weight excluding hydrogens is 348 g/mol. The molecule has 0 aliphatic rings. The largest absolute Gasteiger partial charge is 0.545 e. The van der Waals surface area contributed by atoms with E-state index < -0.39 is 5.97 Å². The Morgan fingerprint density at radius 1 is 1.00 bits per heavy atom. The number of carboxylic acid groups (broad SMARTS) is 1. The average molecular weight is 369 g/mol. The van der Waals surface area contributed by atoms with Crippen molar-refractivity contribution in [1.82, 2.24) is 5.32 Å². The molecular formula is C20H21N2O3S-. The summed E-state index contributed by atoms with van der Waals surface area (Å²) in [6.07, 6.45) is 0. The summed E-state index contributed by atoms with van der Waals surface area (Å²) in [6.45, 7) is 8.11. The zero-order valence-corrected chi connectivity index (χ0v) is 16.0. The fourth-order valence-corrected chi connectivity index (χ4v) is 2.54. The third kappa shape index (κ3) is 4.89. The fraction of sp³-hybridized carbons (Fsp3) is 0.250. The van der Waals surface area contributed by atoms with Gasteiger partial charge >= 0.3 is 0 Å². The lowest BCUT2D eigenvalue weighted by atomic mass is 9.87. The Balaban J connectivity index is 2.07. The summed E-state index contributed by atoms with van der Waals surface area (Å²) >= 11 is 5.16. The van der Waals surface area contributed by atoms with Crippen LogP contribution in [0.3, 0.4) is 0 Å². The Bertz CT molecular complexity index is 852. The third-order valence-corrected chi connectivity index (χ3v) is 4.17. The van der Waals surface area contributed by atoms with Crippen LogP contribution in [0.5, 0.6) is 0 Å². The topological polar surface area (TPSA) is 81.3 Å². The molecule has 2 N–H and O–H groups in total. The average Bonchev–Trinajstić information content (AvgIpc) is 2.55. The second kappa shape index (κ2) is 7.66. The molecule has 2 rings (SSSR count). The van der Waals surface area contributed by atoms with Gasteiger partial charge in [-0.15, -0.1) is 0 Å². The maximum absolute atomic E-state index is 12.3. The van der Waals surface area contributed by atoms with Crippen LogP contribution in [0.1, 0.15) is 52.6 Å². The van der Waals surface area contributed by atoms with Crippen LogP contribution in [0.2, 0.25) is 0 Å². The predicted molar refractivity (Wildman–Crippen MR) is 104 cm³/mol. The highest BCUT2D eigenvalue weighted by molar-refractivity contribution is 7.80. The molecule has 26 heavy (non-hydrogen) atoms. The monoisotopic (exact) mass is 369 g/mol. The van der Waals surface area contributed by atoms with Gasteiger partial charge in [-0.3, -0.25) is 10.1 Å². The second-order valence-electron chi connectivity index (χ2n) is 7.05. The zero-order valence-electron chi connectivity index (χ0n) is 15.2. The van der Waals surface area contributed by atoms with Gasteiger partial charge in [-0.2, -0.15) is 0 Å². The number of aromatic carboxylic acids is 1. The Labute approximate surface area is 158 Å². The number of rotatable bonds is 3. The molecule has 0 aliphatic heterocycles. The summed E-state index contributed by atoms with van der Waals surface area (Å²) in [5, 5.41) is 16.5. The normalized spacial score (nSPS) is 10.9. The zero-order chi connectivity index (χ0) is 19.5. The van der Waals surface area contributed by atoms with E-state index in [0.717, 1.165) is 11.1 Å². The third-order valence-electron chi connectivity index (χ3n) is 3.96. The predicted octanol–water partition coefficient (Wildman–Crippen LogP) is 2.78. The molecule has 136 valence electrons. The number of thiocarbonyl (C=S) groups is 1. The maximum Gasteiger partial charge on any atom is 0.257 e. The summed E-state index contributed by atoms with van der Waals surface area (Å²) < 4.78 is 0. The number of aryl methyl sites for hydroxylation is 1. The highest BCUT2D eigenvalue weighted by atomic mass is 32.1. The molecule has 2 aromatic rings. The number of hydrogen-bond acceptors (Lipinski definition) is 4. The van der Waals surface area contributed by atoms with E-state index in [1.165, 1.54) is 12.1 Å². The van der Waals surface area contributed by atoms with Crippen molar-refractivity contribution in [2.75, 3.05) is 5.32 Å². The molecule has 2 aromatic carbocycles. The van der Waals surface area contributed by atoms with Crippen molar-refractivity contribution in [1.29, 1.82) is 0 Å². The number of nitrogens with one attached hydrogen (secondary N) is 2. The van der Waals surface area contributed by atoms with Crippen LogP contribution in [0, 0.1) is 6.92 Å². The molecule has 0 saturated carbocycles. The van der Waals surface area contributed by atoms with Gasteiger partial charge < -0.3 is 15.2 Å². The second-order valence-corrected chi connectivity index (χ2v) is 7.46. The van der Waals surface area contributed by atoms with Crippen LogP contribution < -0.4 is 15.7 Å². The van der Waals surface area contributed by atoms with Gasteiger partial charge in [-0.25, -0.2) is 0 Å². The molecule has 0 spiro atoms. The minimum Gasteiger partial charge on any atom is -0.545 e. The van der Waals surface area contributed by atoms with E-state index in [2.05, 4.69) is 31.4 Å². The summed E-state index contributed by atoms with van der Waals surface area (Å²) in [5.41, 5.74) is 2.95. The molecule has 0 bridgehead atoms. The smallest absolute Gasteiger partial charge is 0.257 e. The molecule has 0 radical (unpaired) electrons. The van der Waals surface area contributed by atoms with Crippen LogP contribution in [0.25, 0.3) is 0 Å². The number of hydrogen-bond donors (Lipinski definition) is 2. The number of amides is 1. The first-order valence-corrected chi connectivity index (χ1v) is 8.53. The van der Waals surface area contributed by atoms with Gasteiger partial charge in [0, 0.05) is 11.3 Å². The Morgan fingerprint density at radius 2 is 1.58 bits per heavy atom. The van der Waals surface area contributed by atoms with Crippen LogP contribution >= 0.6 is 12.2 Å². The van der Waals surface area contributed by atoms with E-state index in [1.807, 2.05) is 12.1 Å². The molecule has 0 saturated heterocycles. The number of benzene rings is 2. The molecule has 0 atom stereocenters. The van der Waals surface area contributed by atoms with Gasteiger partial charge in [0.2, 0.25) is 0 Å². The first kappa shape index (κ1) is 19.6. The molecule has 5 nitrogen and oxygen atoms in total. The molecule has 0 fully saturated rings. The summed E-state index contributed by atoms with van der Waals surface area (Å²) in [7, 11) is 0. The minimum absolute atomic E-state index is 0.00735. The van der Waals surface area contributed by atoms with Crippen LogP contribution in [0.15, 0.2) is 42.5 Å². The van der Waals surface area contributed by atoms with E-state index in [1.54, 1.807) is 25.1 Å². The first-order chi connectivity index (χ1) is 12.1. The highest BCUT2D eigenvalue weighted by Gasteiger charge is 2.15. The van der Waals surface area contributed by atoms with Crippen LogP contribution in [-0.4, -0.2) is 17.0 Å². The van der Waals surface area contributed by atoms with E-state index in [9.17, 15) is 14.7 Å². The van der Waals surface area contributed by atoms with Crippen molar-refractivity contribution in [3.05, 3.63) is 64.7 Å². The first-order valence-electron chi connectivity index (χ1n) is 8.13. The molecule has 0 aromatic heterocycles. The molecule has 0 aliphatic carbocycles. The Hall–Kier alpha value is -2.73. The molecule has 1 amide bonds. The fourth-order valence-electron chi connectivity index (χ4n) is 2.33. The summed E-state index contributed by atoms with van der Waals surface area (Å²) in [5.74, 6) is -1.61. The van der Waals surface area contributed by atoms with Gasteiger partial charge in [0.15, 0.2) is 5.11 Å².